The van der Waals surface area contributed by atoms with E-state index in [1.54, 1.807) is 18.2 Å². The zero-order valence-corrected chi connectivity index (χ0v) is 22.3. The van der Waals surface area contributed by atoms with Gasteiger partial charge < -0.3 is 0 Å². The Morgan fingerprint density at radius 1 is 0.969 bits per heavy atom. The predicted octanol–water partition coefficient (Wildman–Crippen LogP) is 4.54. The van der Waals surface area contributed by atoms with Gasteiger partial charge in [0.05, 0.1) is 15.5 Å². The smallest absolute Gasteiger partial charge is 0.262 e. The van der Waals surface area contributed by atoms with Gasteiger partial charge in [0.15, 0.2) is 14.9 Å². The Morgan fingerprint density at radius 3 is 2.12 bits per heavy atom. The molecule has 0 saturated carbocycles. The van der Waals surface area contributed by atoms with Crippen LogP contribution in [0.5, 0.6) is 0 Å². The van der Waals surface area contributed by atoms with Crippen molar-refractivity contribution < 1.29 is 21.7 Å². The van der Waals surface area contributed by atoms with Crippen LogP contribution in [0, 0.1) is 0 Å². The summed E-state index contributed by atoms with van der Waals surface area (Å²) in [4.78, 5) is 9.47. The van der Waals surface area contributed by atoms with Crippen LogP contribution in [0.25, 0.3) is 0 Å². The molecular weight excluding hydrogens is 540 g/mol. The summed E-state index contributed by atoms with van der Waals surface area (Å²) in [6.45, 7) is 8.46. The van der Waals surface area contributed by atoms with Crippen molar-refractivity contribution in [3.63, 3.8) is 0 Å². The molecule has 0 saturated heterocycles. The van der Waals surface area contributed by atoms with Gasteiger partial charge in [0.2, 0.25) is 0 Å². The molecule has 0 radical (unpaired) electrons. The molecule has 2 aromatic carbocycles. The van der Waals surface area contributed by atoms with Gasteiger partial charge in [-0.05, 0) is 63.6 Å². The second kappa shape index (κ2) is 11.4. The third-order valence-electron chi connectivity index (χ3n) is 4.77. The van der Waals surface area contributed by atoms with Crippen molar-refractivity contribution in [3.05, 3.63) is 59.1 Å². The summed E-state index contributed by atoms with van der Waals surface area (Å²) >= 11 is 9.40. The van der Waals surface area contributed by atoms with Crippen LogP contribution in [0.4, 0.5) is 0 Å². The van der Waals surface area contributed by atoms with Gasteiger partial charge in [0, 0.05) is 23.7 Å². The summed E-state index contributed by atoms with van der Waals surface area (Å²) in [5, 5.41) is -0.763. The summed E-state index contributed by atoms with van der Waals surface area (Å²) < 4.78 is 50.6. The third kappa shape index (κ3) is 7.51. The van der Waals surface area contributed by atoms with Crippen molar-refractivity contribution in [1.29, 1.82) is 0 Å². The first-order valence-corrected chi connectivity index (χ1v) is 14.4. The van der Waals surface area contributed by atoms with Gasteiger partial charge in [-0.3, -0.25) is 9.74 Å². The van der Waals surface area contributed by atoms with E-state index < -0.39 is 24.9 Å². The van der Waals surface area contributed by atoms with Crippen LogP contribution in [-0.2, 0) is 24.7 Å². The standard InChI is InChI=1S/C21H28BrClN2O5S2/c1-15(2)25(16(3)4)10-11-31(26,27)20-13-17(12-18(23)14-20)21(22)30-24-32(28,29)19-8-6-5-7-9-19/h5-9,12-16,21,24H,10-11H2,1-4H3. The van der Waals surface area contributed by atoms with Gasteiger partial charge in [-0.25, -0.2) is 16.8 Å². The summed E-state index contributed by atoms with van der Waals surface area (Å²) in [6.07, 6.45) is 0. The van der Waals surface area contributed by atoms with E-state index in [-0.39, 0.29) is 32.7 Å². The number of nitrogens with zero attached hydrogens (tertiary/aromatic N) is 1. The van der Waals surface area contributed by atoms with E-state index in [4.69, 9.17) is 16.4 Å². The van der Waals surface area contributed by atoms with E-state index in [1.807, 2.05) is 32.6 Å². The first-order chi connectivity index (χ1) is 14.8. The van der Waals surface area contributed by atoms with Crippen molar-refractivity contribution in [2.45, 2.75) is 54.6 Å². The maximum Gasteiger partial charge on any atom is 0.262 e. The van der Waals surface area contributed by atoms with Crippen molar-refractivity contribution in [2.75, 3.05) is 12.3 Å². The van der Waals surface area contributed by atoms with Crippen LogP contribution in [0.15, 0.2) is 58.3 Å². The van der Waals surface area contributed by atoms with Crippen LogP contribution < -0.4 is 4.89 Å². The monoisotopic (exact) mass is 566 g/mol. The maximum absolute atomic E-state index is 13.0. The molecule has 1 atom stereocenters. The minimum Gasteiger partial charge on any atom is -0.298 e. The predicted molar refractivity (Wildman–Crippen MR) is 130 cm³/mol. The zero-order chi connectivity index (χ0) is 24.1. The summed E-state index contributed by atoms with van der Waals surface area (Å²) in [5.41, 5.74) is 0.358. The van der Waals surface area contributed by atoms with Crippen LogP contribution in [0.1, 0.15) is 38.3 Å². The van der Waals surface area contributed by atoms with E-state index in [1.165, 1.54) is 30.3 Å². The van der Waals surface area contributed by atoms with E-state index in [2.05, 4.69) is 20.8 Å². The summed E-state index contributed by atoms with van der Waals surface area (Å²) in [7, 11) is -7.53. The highest BCUT2D eigenvalue weighted by atomic mass is 79.9. The number of sulfone groups is 1. The lowest BCUT2D eigenvalue weighted by Crippen LogP contribution is -2.40. The highest BCUT2D eigenvalue weighted by Crippen LogP contribution is 2.29. The number of hydrogen-bond donors (Lipinski definition) is 1. The highest BCUT2D eigenvalue weighted by molar-refractivity contribution is 9.09. The van der Waals surface area contributed by atoms with Gasteiger partial charge in [0.25, 0.3) is 10.0 Å². The molecule has 32 heavy (non-hydrogen) atoms. The normalized spacial score (nSPS) is 13.8. The van der Waals surface area contributed by atoms with Crippen molar-refractivity contribution >= 4 is 47.4 Å². The molecule has 1 unspecified atom stereocenters. The number of hydrogen-bond acceptors (Lipinski definition) is 6. The molecule has 0 spiro atoms. The molecule has 11 heteroatoms. The molecule has 0 heterocycles. The SMILES string of the molecule is CC(C)N(CCS(=O)(=O)c1cc(Cl)cc(C(Br)ONS(=O)(=O)c2ccccc2)c1)C(C)C. The second-order valence-corrected chi connectivity index (χ2v) is 12.8. The Labute approximate surface area is 204 Å². The van der Waals surface area contributed by atoms with Crippen LogP contribution >= 0.6 is 27.5 Å². The van der Waals surface area contributed by atoms with Gasteiger partial charge >= 0.3 is 0 Å². The third-order valence-corrected chi connectivity index (χ3v) is 8.59. The summed E-state index contributed by atoms with van der Waals surface area (Å²) in [5.74, 6) is -0.0718. The molecular formula is C21H28BrClN2O5S2. The molecule has 2 rings (SSSR count). The maximum atomic E-state index is 13.0. The largest absolute Gasteiger partial charge is 0.298 e. The highest BCUT2D eigenvalue weighted by Gasteiger charge is 2.23. The topological polar surface area (TPSA) is 92.8 Å². The van der Waals surface area contributed by atoms with E-state index >= 15 is 0 Å². The first kappa shape index (κ1) is 27.2. The van der Waals surface area contributed by atoms with Crippen LogP contribution in [0.3, 0.4) is 0 Å². The first-order valence-electron chi connectivity index (χ1n) is 9.99. The Bertz CT molecular complexity index is 1100. The van der Waals surface area contributed by atoms with Gasteiger partial charge in [-0.2, -0.15) is 0 Å². The number of benzene rings is 2. The number of sulfonamides is 1. The Hall–Kier alpha value is -1.01. The van der Waals surface area contributed by atoms with Gasteiger partial charge in [0.1, 0.15) is 0 Å². The number of halogens is 2. The molecule has 0 aliphatic rings. The molecule has 2 aromatic rings. The fourth-order valence-corrected chi connectivity index (χ4v) is 6.11. The quantitative estimate of drug-likeness (QED) is 0.317. The number of rotatable bonds is 11. The molecule has 1 N–H and O–H groups in total. The average molecular weight is 568 g/mol. The lowest BCUT2D eigenvalue weighted by molar-refractivity contribution is 0.0766. The molecule has 0 bridgehead atoms. The minimum absolute atomic E-state index is 0.0360. The van der Waals surface area contributed by atoms with E-state index in [9.17, 15) is 16.8 Å². The average Bonchev–Trinajstić information content (AvgIpc) is 2.71. The lowest BCUT2D eigenvalue weighted by Gasteiger charge is -2.30. The van der Waals surface area contributed by atoms with Gasteiger partial charge in [-0.15, -0.1) is 0 Å². The Kier molecular flexibility index (Phi) is 9.72. The minimum atomic E-state index is -3.91. The fourth-order valence-electron chi connectivity index (χ4n) is 3.17. The van der Waals surface area contributed by atoms with Crippen molar-refractivity contribution in [2.24, 2.45) is 0 Å². The van der Waals surface area contributed by atoms with E-state index in [0.29, 0.717) is 12.1 Å². The molecule has 0 aliphatic carbocycles. The molecule has 0 fully saturated rings. The molecule has 0 aliphatic heterocycles. The fraction of sp³-hybridized carbons (Fsp3) is 0.429. The summed E-state index contributed by atoms with van der Waals surface area (Å²) in [6, 6.07) is 12.5. The number of alkyl halides is 1. The molecule has 7 nitrogen and oxygen atoms in total. The van der Waals surface area contributed by atoms with E-state index in [0.717, 1.165) is 0 Å². The van der Waals surface area contributed by atoms with Crippen molar-refractivity contribution in [3.8, 4) is 0 Å². The molecule has 178 valence electrons. The zero-order valence-electron chi connectivity index (χ0n) is 18.3. The molecule has 0 aromatic heterocycles. The number of nitrogens with one attached hydrogen (secondary N) is 1. The lowest BCUT2D eigenvalue weighted by atomic mass is 10.2. The van der Waals surface area contributed by atoms with Crippen LogP contribution in [0.2, 0.25) is 5.02 Å². The van der Waals surface area contributed by atoms with Gasteiger partial charge in [-0.1, -0.05) is 50.6 Å². The molecule has 0 amide bonds. The Morgan fingerprint density at radius 2 is 1.56 bits per heavy atom. The Balaban J connectivity index is 2.17. The second-order valence-electron chi connectivity index (χ2n) is 7.80. The van der Waals surface area contributed by atoms with Crippen molar-refractivity contribution in [1.82, 2.24) is 9.79 Å². The van der Waals surface area contributed by atoms with Crippen LogP contribution in [-0.4, -0.2) is 46.1 Å².